The Balaban J connectivity index is 2.79. The van der Waals surface area contributed by atoms with Gasteiger partial charge in [-0.1, -0.05) is 36.3 Å². The molecule has 4 heteroatoms. The van der Waals surface area contributed by atoms with E-state index in [0.29, 0.717) is 12.2 Å². The lowest BCUT2D eigenvalue weighted by atomic mass is 10.1. The number of hydrogen-bond donors (Lipinski definition) is 2. The Hall–Kier alpha value is -1.55. The van der Waals surface area contributed by atoms with E-state index in [2.05, 4.69) is 12.1 Å². The Morgan fingerprint density at radius 2 is 2.19 bits per heavy atom. The first-order valence-electron chi connectivity index (χ1n) is 5.36. The van der Waals surface area contributed by atoms with Crippen molar-refractivity contribution < 1.29 is 9.94 Å². The molecule has 0 fully saturated rings. The largest absolute Gasteiger partial charge is 0.409 e. The van der Waals surface area contributed by atoms with Crippen molar-refractivity contribution in [2.45, 2.75) is 33.0 Å². The van der Waals surface area contributed by atoms with Crippen molar-refractivity contribution in [3.8, 4) is 0 Å². The Kier molecular flexibility index (Phi) is 4.79. The fourth-order valence-corrected chi connectivity index (χ4v) is 1.30. The van der Waals surface area contributed by atoms with Gasteiger partial charge in [-0.25, -0.2) is 0 Å². The zero-order valence-corrected chi connectivity index (χ0v) is 9.68. The fourth-order valence-electron chi connectivity index (χ4n) is 1.30. The molecule has 0 heterocycles. The highest BCUT2D eigenvalue weighted by Gasteiger charge is 2.07. The minimum Gasteiger partial charge on any atom is -0.409 e. The van der Waals surface area contributed by atoms with Crippen LogP contribution in [-0.4, -0.2) is 17.1 Å². The summed E-state index contributed by atoms with van der Waals surface area (Å²) in [6.45, 7) is 4.56. The molecule has 16 heavy (non-hydrogen) atoms. The van der Waals surface area contributed by atoms with E-state index in [0.717, 1.165) is 12.0 Å². The number of ether oxygens (including phenoxy) is 1. The number of oxime groups is 1. The van der Waals surface area contributed by atoms with Crippen molar-refractivity contribution in [1.82, 2.24) is 0 Å². The quantitative estimate of drug-likeness (QED) is 0.347. The maximum Gasteiger partial charge on any atom is 0.170 e. The van der Waals surface area contributed by atoms with Gasteiger partial charge < -0.3 is 15.7 Å². The second-order valence-corrected chi connectivity index (χ2v) is 3.67. The first-order valence-corrected chi connectivity index (χ1v) is 5.36. The minimum absolute atomic E-state index is 0.114. The lowest BCUT2D eigenvalue weighted by Gasteiger charge is -2.12. The molecule has 0 saturated carbocycles. The molecule has 1 aromatic carbocycles. The van der Waals surface area contributed by atoms with Gasteiger partial charge in [-0.2, -0.15) is 0 Å². The van der Waals surface area contributed by atoms with Gasteiger partial charge in [0.2, 0.25) is 0 Å². The molecule has 4 nitrogen and oxygen atoms in total. The molecule has 0 saturated heterocycles. The van der Waals surface area contributed by atoms with Gasteiger partial charge in [0.05, 0.1) is 12.7 Å². The average Bonchev–Trinajstić information content (AvgIpc) is 2.35. The van der Waals surface area contributed by atoms with Crippen LogP contribution in [0.4, 0.5) is 0 Å². The van der Waals surface area contributed by atoms with Crippen LogP contribution < -0.4 is 5.73 Å². The minimum atomic E-state index is 0.114. The third-order valence-electron chi connectivity index (χ3n) is 2.50. The molecule has 1 rings (SSSR count). The van der Waals surface area contributed by atoms with Crippen LogP contribution in [0, 0.1) is 0 Å². The first-order chi connectivity index (χ1) is 7.69. The summed E-state index contributed by atoms with van der Waals surface area (Å²) in [5.74, 6) is 0.114. The molecule has 0 aliphatic rings. The number of nitrogens with two attached hydrogens (primary N) is 1. The Morgan fingerprint density at radius 1 is 1.50 bits per heavy atom. The monoisotopic (exact) mass is 222 g/mol. The molecule has 1 unspecified atom stereocenters. The van der Waals surface area contributed by atoms with E-state index in [1.807, 2.05) is 31.2 Å². The molecule has 1 aromatic rings. The normalized spacial score (nSPS) is 13.8. The van der Waals surface area contributed by atoms with Crippen LogP contribution in [0.15, 0.2) is 29.4 Å². The first kappa shape index (κ1) is 12.5. The van der Waals surface area contributed by atoms with Crippen LogP contribution in [0.3, 0.4) is 0 Å². The molecular weight excluding hydrogens is 204 g/mol. The summed E-state index contributed by atoms with van der Waals surface area (Å²) in [6, 6.07) is 7.48. The smallest absolute Gasteiger partial charge is 0.170 e. The SMILES string of the molecule is CCC(C)OCc1ccccc1C(N)=NO. The molecule has 0 spiro atoms. The summed E-state index contributed by atoms with van der Waals surface area (Å²) in [6.07, 6.45) is 1.17. The highest BCUT2D eigenvalue weighted by molar-refractivity contribution is 5.98. The molecule has 88 valence electrons. The molecule has 0 aliphatic carbocycles. The molecule has 3 N–H and O–H groups in total. The van der Waals surface area contributed by atoms with Crippen molar-refractivity contribution in [2.75, 3.05) is 0 Å². The van der Waals surface area contributed by atoms with Gasteiger partial charge in [-0.05, 0) is 18.9 Å². The highest BCUT2D eigenvalue weighted by atomic mass is 16.5. The zero-order valence-electron chi connectivity index (χ0n) is 9.68. The molecule has 1 atom stereocenters. The molecule has 0 bridgehead atoms. The fraction of sp³-hybridized carbons (Fsp3) is 0.417. The second kappa shape index (κ2) is 6.12. The van der Waals surface area contributed by atoms with Crippen LogP contribution in [0.5, 0.6) is 0 Å². The molecular formula is C12H18N2O2. The van der Waals surface area contributed by atoms with Gasteiger partial charge in [-0.3, -0.25) is 0 Å². The van der Waals surface area contributed by atoms with E-state index in [-0.39, 0.29) is 11.9 Å². The van der Waals surface area contributed by atoms with Gasteiger partial charge in [-0.15, -0.1) is 0 Å². The number of benzene rings is 1. The summed E-state index contributed by atoms with van der Waals surface area (Å²) in [7, 11) is 0. The van der Waals surface area contributed by atoms with E-state index < -0.39 is 0 Å². The third-order valence-corrected chi connectivity index (χ3v) is 2.50. The average molecular weight is 222 g/mol. The van der Waals surface area contributed by atoms with Gasteiger partial charge in [0.15, 0.2) is 5.84 Å². The number of amidine groups is 1. The van der Waals surface area contributed by atoms with Crippen molar-refractivity contribution in [3.63, 3.8) is 0 Å². The molecule has 0 aromatic heterocycles. The summed E-state index contributed by atoms with van der Waals surface area (Å²) >= 11 is 0. The van der Waals surface area contributed by atoms with E-state index in [1.54, 1.807) is 0 Å². The second-order valence-electron chi connectivity index (χ2n) is 3.67. The molecule has 0 amide bonds. The lowest BCUT2D eigenvalue weighted by molar-refractivity contribution is 0.0508. The van der Waals surface area contributed by atoms with Crippen LogP contribution in [0.25, 0.3) is 0 Å². The van der Waals surface area contributed by atoms with Gasteiger partial charge in [0.25, 0.3) is 0 Å². The van der Waals surface area contributed by atoms with E-state index in [9.17, 15) is 0 Å². The van der Waals surface area contributed by atoms with Crippen LogP contribution in [0.1, 0.15) is 31.4 Å². The maximum absolute atomic E-state index is 8.66. The number of rotatable bonds is 5. The highest BCUT2D eigenvalue weighted by Crippen LogP contribution is 2.11. The van der Waals surface area contributed by atoms with E-state index >= 15 is 0 Å². The summed E-state index contributed by atoms with van der Waals surface area (Å²) in [5.41, 5.74) is 7.22. The van der Waals surface area contributed by atoms with Crippen LogP contribution in [-0.2, 0) is 11.3 Å². The topological polar surface area (TPSA) is 67.8 Å². The molecule has 0 radical (unpaired) electrons. The maximum atomic E-state index is 8.66. The molecule has 0 aliphatic heterocycles. The zero-order chi connectivity index (χ0) is 12.0. The van der Waals surface area contributed by atoms with Crippen molar-refractivity contribution in [3.05, 3.63) is 35.4 Å². The van der Waals surface area contributed by atoms with Gasteiger partial charge in [0, 0.05) is 5.56 Å². The number of hydrogen-bond acceptors (Lipinski definition) is 3. The predicted molar refractivity (Wildman–Crippen MR) is 63.5 cm³/mol. The Bertz CT molecular complexity index is 364. The third kappa shape index (κ3) is 3.24. The summed E-state index contributed by atoms with van der Waals surface area (Å²) in [5, 5.41) is 11.7. The Morgan fingerprint density at radius 3 is 2.81 bits per heavy atom. The summed E-state index contributed by atoms with van der Waals surface area (Å²) < 4.78 is 5.62. The van der Waals surface area contributed by atoms with Crippen molar-refractivity contribution >= 4 is 5.84 Å². The van der Waals surface area contributed by atoms with Gasteiger partial charge >= 0.3 is 0 Å². The van der Waals surface area contributed by atoms with E-state index in [4.69, 9.17) is 15.7 Å². The van der Waals surface area contributed by atoms with Crippen LogP contribution >= 0.6 is 0 Å². The lowest BCUT2D eigenvalue weighted by Crippen LogP contribution is -2.16. The summed E-state index contributed by atoms with van der Waals surface area (Å²) in [4.78, 5) is 0. The van der Waals surface area contributed by atoms with E-state index in [1.165, 1.54) is 0 Å². The van der Waals surface area contributed by atoms with Gasteiger partial charge in [0.1, 0.15) is 0 Å². The van der Waals surface area contributed by atoms with Crippen molar-refractivity contribution in [2.24, 2.45) is 10.9 Å². The van der Waals surface area contributed by atoms with Crippen LogP contribution in [0.2, 0.25) is 0 Å². The predicted octanol–water partition coefficient (Wildman–Crippen LogP) is 2.10. The van der Waals surface area contributed by atoms with Crippen molar-refractivity contribution in [1.29, 1.82) is 0 Å². The standard InChI is InChI=1S/C12H18N2O2/c1-3-9(2)16-8-10-6-4-5-7-11(10)12(13)14-15/h4-7,9,15H,3,8H2,1-2H3,(H2,13,14). The Labute approximate surface area is 95.7 Å². The number of nitrogens with zero attached hydrogens (tertiary/aromatic N) is 1.